The van der Waals surface area contributed by atoms with Gasteiger partial charge in [-0.1, -0.05) is 0 Å². The number of rotatable bonds is 9. The molecule has 2 heterocycles. The fourth-order valence-corrected chi connectivity index (χ4v) is 3.76. The number of nitrogens with zero attached hydrogens (tertiary/aromatic N) is 3. The number of thiazole rings is 1. The smallest absolute Gasteiger partial charge is 0.451 e. The van der Waals surface area contributed by atoms with Crippen molar-refractivity contribution in [2.75, 3.05) is 13.2 Å². The highest BCUT2D eigenvalue weighted by molar-refractivity contribution is 7.14. The first-order valence-electron chi connectivity index (χ1n) is 10.3. The van der Waals surface area contributed by atoms with Gasteiger partial charge in [0, 0.05) is 53.2 Å². The second-order valence-electron chi connectivity index (χ2n) is 7.49. The molecule has 0 aliphatic rings. The molecule has 12 heteroatoms. The van der Waals surface area contributed by atoms with Gasteiger partial charge in [0.05, 0.1) is 12.6 Å². The Labute approximate surface area is 197 Å². The Balaban J connectivity index is 1.86. The van der Waals surface area contributed by atoms with E-state index < -0.39 is 30.1 Å². The van der Waals surface area contributed by atoms with Crippen molar-refractivity contribution in [3.05, 3.63) is 58.6 Å². The highest BCUT2D eigenvalue weighted by Crippen LogP contribution is 2.30. The zero-order valence-corrected chi connectivity index (χ0v) is 19.2. The van der Waals surface area contributed by atoms with Gasteiger partial charge in [-0.05, 0) is 32.0 Å². The molecular formula is C22H23F3N4O4S. The summed E-state index contributed by atoms with van der Waals surface area (Å²) in [5, 5.41) is 22.0. The van der Waals surface area contributed by atoms with Crippen LogP contribution in [0.4, 0.5) is 13.2 Å². The Kier molecular flexibility index (Phi) is 8.18. The molecule has 0 saturated carbocycles. The highest BCUT2D eigenvalue weighted by atomic mass is 32.1. The molecule has 182 valence electrons. The van der Waals surface area contributed by atoms with Crippen molar-refractivity contribution >= 4 is 17.2 Å². The standard InChI is InChI=1S/C22H23F3N4O4S/c1-12-8-26-20(34-12)15-5-14(6-18(7-15)33-17(11-31)3-4-30)19(32)29-13(2)16-9-27-21(28-10-16)22(23,24)25/h5-10,13,17,30-31H,3-4,11H2,1-2H3,(H,29,32). The summed E-state index contributed by atoms with van der Waals surface area (Å²) in [5.74, 6) is -1.46. The van der Waals surface area contributed by atoms with Gasteiger partial charge in [0.1, 0.15) is 16.9 Å². The van der Waals surface area contributed by atoms with E-state index in [-0.39, 0.29) is 25.2 Å². The molecule has 0 aliphatic heterocycles. The molecular weight excluding hydrogens is 473 g/mol. The first kappa shape index (κ1) is 25.5. The van der Waals surface area contributed by atoms with Crippen LogP contribution in [-0.2, 0) is 6.18 Å². The lowest BCUT2D eigenvalue weighted by Gasteiger charge is -2.18. The molecule has 0 bridgehead atoms. The van der Waals surface area contributed by atoms with Crippen molar-refractivity contribution in [2.45, 2.75) is 38.6 Å². The molecule has 34 heavy (non-hydrogen) atoms. The molecule has 3 rings (SSSR count). The summed E-state index contributed by atoms with van der Waals surface area (Å²) < 4.78 is 43.8. The third-order valence-electron chi connectivity index (χ3n) is 4.77. The number of nitrogens with one attached hydrogen (secondary N) is 1. The lowest BCUT2D eigenvalue weighted by molar-refractivity contribution is -0.145. The summed E-state index contributed by atoms with van der Waals surface area (Å²) in [4.78, 5) is 24.9. The number of alkyl halides is 3. The Morgan fingerprint density at radius 3 is 2.41 bits per heavy atom. The molecule has 0 spiro atoms. The summed E-state index contributed by atoms with van der Waals surface area (Å²) in [5.41, 5.74) is 1.14. The van der Waals surface area contributed by atoms with E-state index in [4.69, 9.17) is 9.84 Å². The normalized spacial score (nSPS) is 13.4. The van der Waals surface area contributed by atoms with Crippen LogP contribution >= 0.6 is 11.3 Å². The summed E-state index contributed by atoms with van der Waals surface area (Å²) in [6.45, 7) is 2.98. The maximum Gasteiger partial charge on any atom is 0.451 e. The van der Waals surface area contributed by atoms with Gasteiger partial charge in [0.2, 0.25) is 5.82 Å². The van der Waals surface area contributed by atoms with Crippen molar-refractivity contribution in [3.8, 4) is 16.3 Å². The molecule has 2 unspecified atom stereocenters. The van der Waals surface area contributed by atoms with Gasteiger partial charge in [0.15, 0.2) is 0 Å². The number of aromatic nitrogens is 3. The van der Waals surface area contributed by atoms with Crippen LogP contribution in [0.25, 0.3) is 10.6 Å². The predicted molar refractivity (Wildman–Crippen MR) is 118 cm³/mol. The first-order valence-corrected chi connectivity index (χ1v) is 11.1. The summed E-state index contributed by atoms with van der Waals surface area (Å²) in [6, 6.07) is 4.11. The monoisotopic (exact) mass is 496 g/mol. The van der Waals surface area contributed by atoms with Crippen molar-refractivity contribution in [1.82, 2.24) is 20.3 Å². The maximum absolute atomic E-state index is 13.0. The third kappa shape index (κ3) is 6.49. The van der Waals surface area contributed by atoms with Crippen molar-refractivity contribution in [1.29, 1.82) is 0 Å². The summed E-state index contributed by atoms with van der Waals surface area (Å²) in [7, 11) is 0. The van der Waals surface area contributed by atoms with Gasteiger partial charge < -0.3 is 20.3 Å². The molecule has 2 aromatic heterocycles. The zero-order chi connectivity index (χ0) is 24.9. The number of halogens is 3. The van der Waals surface area contributed by atoms with Crippen LogP contribution in [0.3, 0.4) is 0 Å². The topological polar surface area (TPSA) is 117 Å². The van der Waals surface area contributed by atoms with Gasteiger partial charge in [-0.2, -0.15) is 13.2 Å². The number of aliphatic hydroxyl groups is 2. The highest BCUT2D eigenvalue weighted by Gasteiger charge is 2.34. The van der Waals surface area contributed by atoms with Crippen LogP contribution in [0.5, 0.6) is 5.75 Å². The minimum atomic E-state index is -4.65. The number of amides is 1. The predicted octanol–water partition coefficient (Wildman–Crippen LogP) is 3.54. The second-order valence-corrected chi connectivity index (χ2v) is 8.72. The van der Waals surface area contributed by atoms with Crippen molar-refractivity contribution in [3.63, 3.8) is 0 Å². The molecule has 2 atom stereocenters. The average molecular weight is 497 g/mol. The minimum absolute atomic E-state index is 0.184. The fraction of sp³-hybridized carbons (Fsp3) is 0.364. The molecule has 0 saturated heterocycles. The average Bonchev–Trinajstić information content (AvgIpc) is 3.24. The minimum Gasteiger partial charge on any atom is -0.488 e. The first-order chi connectivity index (χ1) is 16.1. The number of aryl methyl sites for hydroxylation is 1. The van der Waals surface area contributed by atoms with Crippen LogP contribution in [0.1, 0.15) is 46.0 Å². The van der Waals surface area contributed by atoms with Crippen LogP contribution in [-0.4, -0.2) is 50.4 Å². The molecule has 0 aliphatic carbocycles. The van der Waals surface area contributed by atoms with E-state index in [9.17, 15) is 23.1 Å². The van der Waals surface area contributed by atoms with Gasteiger partial charge in [-0.25, -0.2) is 15.0 Å². The lowest BCUT2D eigenvalue weighted by atomic mass is 10.1. The van der Waals surface area contributed by atoms with E-state index in [0.717, 1.165) is 17.3 Å². The molecule has 1 aromatic carbocycles. The van der Waals surface area contributed by atoms with E-state index in [0.29, 0.717) is 21.9 Å². The Hall–Kier alpha value is -3.09. The molecule has 3 aromatic rings. The largest absolute Gasteiger partial charge is 0.488 e. The summed E-state index contributed by atoms with van der Waals surface area (Å²) in [6.07, 6.45) is -1.39. The fourth-order valence-electron chi connectivity index (χ4n) is 3.01. The van der Waals surface area contributed by atoms with E-state index in [1.165, 1.54) is 17.4 Å². The van der Waals surface area contributed by atoms with E-state index in [2.05, 4.69) is 20.3 Å². The van der Waals surface area contributed by atoms with Gasteiger partial charge in [-0.3, -0.25) is 4.79 Å². The molecule has 8 nitrogen and oxygen atoms in total. The Bertz CT molecular complexity index is 1120. The zero-order valence-electron chi connectivity index (χ0n) is 18.3. The van der Waals surface area contributed by atoms with Crippen molar-refractivity contribution < 1.29 is 32.9 Å². The van der Waals surface area contributed by atoms with Crippen LogP contribution < -0.4 is 10.1 Å². The number of carbonyl (C=O) groups is 1. The lowest BCUT2D eigenvalue weighted by Crippen LogP contribution is -2.27. The maximum atomic E-state index is 13.0. The van der Waals surface area contributed by atoms with Gasteiger partial charge >= 0.3 is 6.18 Å². The van der Waals surface area contributed by atoms with Crippen molar-refractivity contribution in [2.24, 2.45) is 0 Å². The van der Waals surface area contributed by atoms with E-state index in [1.54, 1.807) is 25.3 Å². The van der Waals surface area contributed by atoms with Crippen LogP contribution in [0.2, 0.25) is 0 Å². The molecule has 0 radical (unpaired) electrons. The molecule has 3 N–H and O–H groups in total. The SMILES string of the molecule is Cc1cnc(-c2cc(OC(CO)CCO)cc(C(=O)NC(C)c3cnc(C(F)(F)F)nc3)c2)s1. The van der Waals surface area contributed by atoms with Gasteiger partial charge in [0.25, 0.3) is 5.91 Å². The van der Waals surface area contributed by atoms with E-state index in [1.807, 2.05) is 6.92 Å². The number of benzene rings is 1. The molecule has 1 amide bonds. The number of carbonyl (C=O) groups excluding carboxylic acids is 1. The Morgan fingerprint density at radius 2 is 1.85 bits per heavy atom. The number of ether oxygens (including phenoxy) is 1. The Morgan fingerprint density at radius 1 is 1.15 bits per heavy atom. The summed E-state index contributed by atoms with van der Waals surface area (Å²) >= 11 is 1.42. The van der Waals surface area contributed by atoms with Gasteiger partial charge in [-0.15, -0.1) is 11.3 Å². The number of aliphatic hydroxyl groups excluding tert-OH is 2. The number of hydrogen-bond donors (Lipinski definition) is 3. The second kappa shape index (κ2) is 10.9. The number of hydrogen-bond acceptors (Lipinski definition) is 8. The van der Waals surface area contributed by atoms with Crippen LogP contribution in [0.15, 0.2) is 36.8 Å². The quantitative estimate of drug-likeness (QED) is 0.415. The third-order valence-corrected chi connectivity index (χ3v) is 5.73. The molecule has 0 fully saturated rings. The van der Waals surface area contributed by atoms with Crippen LogP contribution in [0, 0.1) is 6.92 Å². The van der Waals surface area contributed by atoms with E-state index >= 15 is 0 Å².